The van der Waals surface area contributed by atoms with E-state index in [0.717, 1.165) is 35.3 Å². The molecule has 0 spiro atoms. The Morgan fingerprint density at radius 1 is 1.19 bits per heavy atom. The molecule has 1 amide bonds. The summed E-state index contributed by atoms with van der Waals surface area (Å²) in [7, 11) is 0. The molecule has 2 aromatic heterocycles. The molecule has 0 saturated heterocycles. The molecule has 2 heterocycles. The molecule has 0 saturated carbocycles. The Labute approximate surface area is 151 Å². The normalized spacial score (nSPS) is 11.0. The molecule has 1 aromatic carbocycles. The van der Waals surface area contributed by atoms with E-state index in [1.807, 2.05) is 38.1 Å². The third-order valence-electron chi connectivity index (χ3n) is 4.22. The number of unbranched alkanes of at least 4 members (excludes halogenated alkanes) is 1. The zero-order valence-electron chi connectivity index (χ0n) is 15.3. The number of amides is 1. The highest BCUT2D eigenvalue weighted by molar-refractivity contribution is 5.90. The zero-order chi connectivity index (χ0) is 18.7. The first-order valence-electron chi connectivity index (χ1n) is 8.80. The van der Waals surface area contributed by atoms with Crippen molar-refractivity contribution >= 4 is 17.4 Å². The first kappa shape index (κ1) is 17.8. The molecule has 0 bridgehead atoms. The van der Waals surface area contributed by atoms with Gasteiger partial charge in [0.15, 0.2) is 0 Å². The largest absolute Gasteiger partial charge is 0.352 e. The molecule has 3 rings (SSSR count). The molecule has 0 fully saturated rings. The summed E-state index contributed by atoms with van der Waals surface area (Å²) in [6, 6.07) is 9.59. The third-order valence-corrected chi connectivity index (χ3v) is 4.22. The van der Waals surface area contributed by atoms with Crippen molar-refractivity contribution in [2.45, 2.75) is 46.6 Å². The average Bonchev–Trinajstić information content (AvgIpc) is 2.89. The number of carbonyl (C=O) groups excluding carboxylic acids is 1. The summed E-state index contributed by atoms with van der Waals surface area (Å²) in [6.07, 6.45) is 3.34. The molecule has 136 valence electrons. The molecule has 0 radical (unpaired) electrons. The van der Waals surface area contributed by atoms with E-state index in [-0.39, 0.29) is 18.1 Å². The summed E-state index contributed by atoms with van der Waals surface area (Å²) < 4.78 is 2.54. The highest BCUT2D eigenvalue weighted by Crippen LogP contribution is 2.12. The Balaban J connectivity index is 1.72. The van der Waals surface area contributed by atoms with Crippen LogP contribution < -0.4 is 11.0 Å². The van der Waals surface area contributed by atoms with Crippen LogP contribution in [0.3, 0.4) is 0 Å². The maximum Gasteiger partial charge on any atom is 0.352 e. The van der Waals surface area contributed by atoms with Crippen molar-refractivity contribution in [3.63, 3.8) is 0 Å². The second kappa shape index (κ2) is 7.51. The highest BCUT2D eigenvalue weighted by atomic mass is 16.2. The molecule has 0 atom stereocenters. The number of aromatic nitrogens is 4. The van der Waals surface area contributed by atoms with E-state index in [9.17, 15) is 9.59 Å². The fourth-order valence-corrected chi connectivity index (χ4v) is 2.91. The lowest BCUT2D eigenvalue weighted by Crippen LogP contribution is -2.28. The van der Waals surface area contributed by atoms with Crippen molar-refractivity contribution in [1.82, 2.24) is 19.2 Å². The quantitative estimate of drug-likeness (QED) is 0.738. The molecule has 7 heteroatoms. The van der Waals surface area contributed by atoms with Gasteiger partial charge in [0, 0.05) is 17.1 Å². The molecule has 26 heavy (non-hydrogen) atoms. The van der Waals surface area contributed by atoms with E-state index in [4.69, 9.17) is 0 Å². The summed E-state index contributed by atoms with van der Waals surface area (Å²) in [6.45, 7) is 5.66. The van der Waals surface area contributed by atoms with Gasteiger partial charge in [-0.25, -0.2) is 18.9 Å². The Morgan fingerprint density at radius 3 is 2.62 bits per heavy atom. The predicted octanol–water partition coefficient (Wildman–Crippen LogP) is 2.49. The smallest absolute Gasteiger partial charge is 0.324 e. The maximum atomic E-state index is 12.4. The first-order valence-corrected chi connectivity index (χ1v) is 8.80. The second-order valence-electron chi connectivity index (χ2n) is 6.46. The fourth-order valence-electron chi connectivity index (χ4n) is 2.91. The molecule has 0 aliphatic heterocycles. The molecule has 0 unspecified atom stereocenters. The lowest BCUT2D eigenvalue weighted by molar-refractivity contribution is -0.117. The lowest BCUT2D eigenvalue weighted by Gasteiger charge is -2.06. The summed E-state index contributed by atoms with van der Waals surface area (Å²) in [4.78, 5) is 29.0. The topological polar surface area (TPSA) is 81.3 Å². The van der Waals surface area contributed by atoms with Gasteiger partial charge in [0.25, 0.3) is 5.78 Å². The van der Waals surface area contributed by atoms with Crippen LogP contribution in [0.15, 0.2) is 35.1 Å². The van der Waals surface area contributed by atoms with E-state index in [1.54, 1.807) is 6.07 Å². The van der Waals surface area contributed by atoms with E-state index >= 15 is 0 Å². The van der Waals surface area contributed by atoms with Crippen molar-refractivity contribution in [3.05, 3.63) is 57.8 Å². The monoisotopic (exact) mass is 353 g/mol. The number of aryl methyl sites for hydroxylation is 3. The van der Waals surface area contributed by atoms with Crippen LogP contribution in [-0.4, -0.2) is 25.1 Å². The minimum absolute atomic E-state index is 0.154. The SMILES string of the molecule is CCCCc1ccc(NC(=O)Cn2nc3nc(C)cc(C)n3c2=O)cc1. The van der Waals surface area contributed by atoms with E-state index in [2.05, 4.69) is 22.3 Å². The Hall–Kier alpha value is -2.96. The molecular weight excluding hydrogens is 330 g/mol. The zero-order valence-corrected chi connectivity index (χ0v) is 15.3. The minimum atomic E-state index is -0.366. The Bertz CT molecular complexity index is 986. The number of nitrogens with one attached hydrogen (secondary N) is 1. The van der Waals surface area contributed by atoms with Crippen molar-refractivity contribution in [2.75, 3.05) is 5.32 Å². The molecule has 1 N–H and O–H groups in total. The van der Waals surface area contributed by atoms with Crippen LogP contribution in [0, 0.1) is 13.8 Å². The van der Waals surface area contributed by atoms with Crippen LogP contribution in [0.25, 0.3) is 5.78 Å². The van der Waals surface area contributed by atoms with Crippen LogP contribution in [-0.2, 0) is 17.8 Å². The van der Waals surface area contributed by atoms with Gasteiger partial charge in [0.1, 0.15) is 6.54 Å². The summed E-state index contributed by atoms with van der Waals surface area (Å²) >= 11 is 0. The predicted molar refractivity (Wildman–Crippen MR) is 100 cm³/mol. The van der Waals surface area contributed by atoms with Gasteiger partial charge in [0.05, 0.1) is 0 Å². The molecule has 7 nitrogen and oxygen atoms in total. The second-order valence-corrected chi connectivity index (χ2v) is 6.46. The maximum absolute atomic E-state index is 12.4. The number of rotatable bonds is 6. The standard InChI is InChI=1S/C19H23N5O2/c1-4-5-6-15-7-9-16(10-8-15)21-17(25)12-23-19(26)24-14(3)11-13(2)20-18(24)22-23/h7-11H,4-6,12H2,1-3H3,(H,21,25). The number of hydrogen-bond acceptors (Lipinski definition) is 4. The molecule has 0 aliphatic rings. The number of benzene rings is 1. The highest BCUT2D eigenvalue weighted by Gasteiger charge is 2.13. The Morgan fingerprint density at radius 2 is 1.92 bits per heavy atom. The molecule has 3 aromatic rings. The van der Waals surface area contributed by atoms with Crippen LogP contribution in [0.2, 0.25) is 0 Å². The van der Waals surface area contributed by atoms with Crippen molar-refractivity contribution in [2.24, 2.45) is 0 Å². The van der Waals surface area contributed by atoms with Gasteiger partial charge in [-0.2, -0.15) is 0 Å². The third kappa shape index (κ3) is 3.82. The Kier molecular flexibility index (Phi) is 5.16. The van der Waals surface area contributed by atoms with Gasteiger partial charge >= 0.3 is 5.69 Å². The number of fused-ring (bicyclic) bond motifs is 1. The van der Waals surface area contributed by atoms with Gasteiger partial charge < -0.3 is 5.32 Å². The van der Waals surface area contributed by atoms with Crippen molar-refractivity contribution < 1.29 is 4.79 Å². The summed E-state index contributed by atoms with van der Waals surface area (Å²) in [5.74, 6) is 0.00627. The number of anilines is 1. The van der Waals surface area contributed by atoms with Crippen LogP contribution >= 0.6 is 0 Å². The van der Waals surface area contributed by atoms with Gasteiger partial charge in [-0.05, 0) is 50.5 Å². The minimum Gasteiger partial charge on any atom is -0.324 e. The molecular formula is C19H23N5O2. The van der Waals surface area contributed by atoms with Crippen LogP contribution in [0.5, 0.6) is 0 Å². The molecule has 0 aliphatic carbocycles. The van der Waals surface area contributed by atoms with E-state index < -0.39 is 0 Å². The first-order chi connectivity index (χ1) is 12.5. The number of nitrogens with zero attached hydrogens (tertiary/aromatic N) is 4. The van der Waals surface area contributed by atoms with Gasteiger partial charge in [-0.15, -0.1) is 5.10 Å². The van der Waals surface area contributed by atoms with Crippen LogP contribution in [0.4, 0.5) is 5.69 Å². The van der Waals surface area contributed by atoms with Crippen LogP contribution in [0.1, 0.15) is 36.7 Å². The van der Waals surface area contributed by atoms with E-state index in [0.29, 0.717) is 11.5 Å². The number of carbonyl (C=O) groups is 1. The van der Waals surface area contributed by atoms with Crippen molar-refractivity contribution in [3.8, 4) is 0 Å². The van der Waals surface area contributed by atoms with E-state index in [1.165, 1.54) is 9.96 Å². The fraction of sp³-hybridized carbons (Fsp3) is 0.368. The average molecular weight is 353 g/mol. The number of hydrogen-bond donors (Lipinski definition) is 1. The van der Waals surface area contributed by atoms with Crippen molar-refractivity contribution in [1.29, 1.82) is 0 Å². The summed E-state index contributed by atoms with van der Waals surface area (Å²) in [5.41, 5.74) is 3.11. The van der Waals surface area contributed by atoms with Gasteiger partial charge in [0.2, 0.25) is 5.91 Å². The summed E-state index contributed by atoms with van der Waals surface area (Å²) in [5, 5.41) is 6.96. The van der Waals surface area contributed by atoms with Gasteiger partial charge in [-0.3, -0.25) is 4.79 Å². The lowest BCUT2D eigenvalue weighted by atomic mass is 10.1. The van der Waals surface area contributed by atoms with Gasteiger partial charge in [-0.1, -0.05) is 25.5 Å².